The van der Waals surface area contributed by atoms with Crippen LogP contribution in [0.25, 0.3) is 11.1 Å². The maximum absolute atomic E-state index is 12.1. The predicted molar refractivity (Wildman–Crippen MR) is 113 cm³/mol. The Labute approximate surface area is 174 Å². The summed E-state index contributed by atoms with van der Waals surface area (Å²) in [7, 11) is 0. The van der Waals surface area contributed by atoms with Crippen LogP contribution in [-0.4, -0.2) is 24.4 Å². The Morgan fingerprint density at radius 2 is 1.69 bits per heavy atom. The summed E-state index contributed by atoms with van der Waals surface area (Å²) < 4.78 is 5.45. The molecule has 2 N–H and O–H groups in total. The fourth-order valence-corrected chi connectivity index (χ4v) is 3.68. The number of phenolic OH excluding ortho intramolecular Hbond substituents is 1. The molecular formula is C24H18ClNO3. The van der Waals surface area contributed by atoms with Gasteiger partial charge >= 0.3 is 6.09 Å². The highest BCUT2D eigenvalue weighted by Crippen LogP contribution is 2.44. The molecule has 0 radical (unpaired) electrons. The van der Waals surface area contributed by atoms with Gasteiger partial charge in [-0.1, -0.05) is 72.0 Å². The molecule has 5 heteroatoms. The van der Waals surface area contributed by atoms with Gasteiger partial charge in [-0.2, -0.15) is 0 Å². The summed E-state index contributed by atoms with van der Waals surface area (Å²) in [6.07, 6.45) is -0.509. The number of rotatable bonds is 3. The molecule has 29 heavy (non-hydrogen) atoms. The lowest BCUT2D eigenvalue weighted by atomic mass is 9.98. The molecule has 4 rings (SSSR count). The van der Waals surface area contributed by atoms with Gasteiger partial charge in [-0.15, -0.1) is 0 Å². The van der Waals surface area contributed by atoms with Crippen molar-refractivity contribution in [2.45, 2.75) is 5.92 Å². The van der Waals surface area contributed by atoms with Gasteiger partial charge in [0, 0.05) is 11.5 Å². The maximum atomic E-state index is 12.1. The quantitative estimate of drug-likeness (QED) is 0.609. The first-order chi connectivity index (χ1) is 14.1. The fourth-order valence-electron chi connectivity index (χ4n) is 3.50. The van der Waals surface area contributed by atoms with Crippen molar-refractivity contribution in [3.05, 3.63) is 88.4 Å². The van der Waals surface area contributed by atoms with Gasteiger partial charge in [-0.3, -0.25) is 0 Å². The zero-order chi connectivity index (χ0) is 20.2. The molecule has 3 aromatic rings. The lowest BCUT2D eigenvalue weighted by Gasteiger charge is -2.14. The molecule has 0 saturated carbocycles. The summed E-state index contributed by atoms with van der Waals surface area (Å²) in [5, 5.41) is 12.3. The summed E-state index contributed by atoms with van der Waals surface area (Å²) in [5.74, 6) is 5.75. The van der Waals surface area contributed by atoms with Crippen LogP contribution in [0.4, 0.5) is 4.79 Å². The number of aromatic hydroxyl groups is 1. The number of carbonyl (C=O) groups excluding carboxylic acids is 1. The maximum Gasteiger partial charge on any atom is 0.407 e. The van der Waals surface area contributed by atoms with E-state index in [1.54, 1.807) is 12.1 Å². The van der Waals surface area contributed by atoms with Crippen molar-refractivity contribution in [3.63, 3.8) is 0 Å². The van der Waals surface area contributed by atoms with E-state index < -0.39 is 6.09 Å². The number of halogens is 1. The molecule has 0 saturated heterocycles. The summed E-state index contributed by atoms with van der Waals surface area (Å²) in [4.78, 5) is 12.1. The van der Waals surface area contributed by atoms with E-state index in [4.69, 9.17) is 16.3 Å². The zero-order valence-corrected chi connectivity index (χ0v) is 16.2. The van der Waals surface area contributed by atoms with E-state index in [0.29, 0.717) is 5.56 Å². The monoisotopic (exact) mass is 403 g/mol. The van der Waals surface area contributed by atoms with Crippen LogP contribution in [0.1, 0.15) is 22.6 Å². The minimum atomic E-state index is -0.509. The van der Waals surface area contributed by atoms with Crippen LogP contribution in [-0.2, 0) is 4.74 Å². The Balaban J connectivity index is 1.35. The van der Waals surface area contributed by atoms with Gasteiger partial charge in [0.15, 0.2) is 0 Å². The Morgan fingerprint density at radius 1 is 1.03 bits per heavy atom. The third-order valence-electron chi connectivity index (χ3n) is 4.85. The van der Waals surface area contributed by atoms with Gasteiger partial charge in [0.05, 0.1) is 11.6 Å². The first-order valence-electron chi connectivity index (χ1n) is 9.19. The molecule has 0 spiro atoms. The molecule has 3 aromatic carbocycles. The number of nitrogens with one attached hydrogen (secondary N) is 1. The van der Waals surface area contributed by atoms with Crippen LogP contribution >= 0.6 is 11.6 Å². The van der Waals surface area contributed by atoms with E-state index in [1.165, 1.54) is 28.3 Å². The highest BCUT2D eigenvalue weighted by molar-refractivity contribution is 6.32. The van der Waals surface area contributed by atoms with Crippen molar-refractivity contribution in [3.8, 4) is 28.7 Å². The predicted octanol–water partition coefficient (Wildman–Crippen LogP) is 4.94. The van der Waals surface area contributed by atoms with Crippen LogP contribution < -0.4 is 5.32 Å². The molecule has 0 unspecified atom stereocenters. The largest absolute Gasteiger partial charge is 0.506 e. The van der Waals surface area contributed by atoms with Gasteiger partial charge in [0.2, 0.25) is 0 Å². The van der Waals surface area contributed by atoms with E-state index in [2.05, 4.69) is 41.4 Å². The molecule has 1 aliphatic rings. The third-order valence-corrected chi connectivity index (χ3v) is 5.15. The van der Waals surface area contributed by atoms with E-state index >= 15 is 0 Å². The second-order valence-corrected chi connectivity index (χ2v) is 7.05. The van der Waals surface area contributed by atoms with Crippen molar-refractivity contribution in [1.82, 2.24) is 5.32 Å². The van der Waals surface area contributed by atoms with Crippen molar-refractivity contribution in [2.75, 3.05) is 13.2 Å². The molecule has 0 aliphatic heterocycles. The van der Waals surface area contributed by atoms with Crippen LogP contribution in [0.2, 0.25) is 5.02 Å². The molecule has 0 fully saturated rings. The van der Waals surface area contributed by atoms with E-state index in [0.717, 1.165) is 0 Å². The number of ether oxygens (including phenoxy) is 1. The summed E-state index contributed by atoms with van der Waals surface area (Å²) >= 11 is 5.84. The minimum Gasteiger partial charge on any atom is -0.506 e. The van der Waals surface area contributed by atoms with Crippen molar-refractivity contribution < 1.29 is 14.6 Å². The molecule has 4 nitrogen and oxygen atoms in total. The van der Waals surface area contributed by atoms with Crippen molar-refractivity contribution in [2.24, 2.45) is 0 Å². The Bertz CT molecular complexity index is 1080. The lowest BCUT2D eigenvalue weighted by Crippen LogP contribution is -2.26. The van der Waals surface area contributed by atoms with Gasteiger partial charge < -0.3 is 15.2 Å². The number of amides is 1. The SMILES string of the molecule is O=C(NCC#Cc1ccc(O)c(Cl)c1)OCC1c2ccccc2-c2ccccc21. The standard InChI is InChI=1S/C24H18ClNO3/c25-22-14-16(11-12-23(22)27)6-5-13-26-24(28)29-15-21-19-9-3-1-7-17(19)18-8-2-4-10-20(18)21/h1-4,7-12,14,21,27H,13,15H2,(H,26,28). The molecule has 0 aromatic heterocycles. The molecule has 0 atom stereocenters. The van der Waals surface area contributed by atoms with Crippen molar-refractivity contribution in [1.29, 1.82) is 0 Å². The zero-order valence-electron chi connectivity index (χ0n) is 15.5. The Morgan fingerprint density at radius 3 is 2.34 bits per heavy atom. The Kier molecular flexibility index (Phi) is 5.41. The summed E-state index contributed by atoms with van der Waals surface area (Å²) in [5.41, 5.74) is 5.38. The van der Waals surface area contributed by atoms with Gasteiger partial charge in [0.1, 0.15) is 12.4 Å². The number of fused-ring (bicyclic) bond motifs is 3. The smallest absolute Gasteiger partial charge is 0.407 e. The third kappa shape index (κ3) is 4.06. The number of carbonyl (C=O) groups is 1. The minimum absolute atomic E-state index is 0.00831. The summed E-state index contributed by atoms with van der Waals surface area (Å²) in [6.45, 7) is 0.413. The second-order valence-electron chi connectivity index (χ2n) is 6.65. The normalized spacial score (nSPS) is 11.8. The highest BCUT2D eigenvalue weighted by atomic mass is 35.5. The van der Waals surface area contributed by atoms with Crippen LogP contribution in [0.15, 0.2) is 66.7 Å². The van der Waals surface area contributed by atoms with E-state index in [1.807, 2.05) is 24.3 Å². The Hall–Kier alpha value is -3.42. The summed E-state index contributed by atoms with van der Waals surface area (Å²) in [6, 6.07) is 21.1. The highest BCUT2D eigenvalue weighted by Gasteiger charge is 2.28. The van der Waals surface area contributed by atoms with Crippen LogP contribution in [0, 0.1) is 11.8 Å². The average Bonchev–Trinajstić information content (AvgIpc) is 3.06. The van der Waals surface area contributed by atoms with Crippen LogP contribution in [0.5, 0.6) is 5.75 Å². The topological polar surface area (TPSA) is 58.6 Å². The number of benzene rings is 3. The average molecular weight is 404 g/mol. The van der Waals surface area contributed by atoms with Crippen LogP contribution in [0.3, 0.4) is 0 Å². The molecule has 144 valence electrons. The van der Waals surface area contributed by atoms with Gasteiger partial charge in [-0.25, -0.2) is 4.79 Å². The number of hydrogen-bond acceptors (Lipinski definition) is 3. The van der Waals surface area contributed by atoms with E-state index in [-0.39, 0.29) is 29.8 Å². The number of phenols is 1. The van der Waals surface area contributed by atoms with Gasteiger partial charge in [0.25, 0.3) is 0 Å². The lowest BCUT2D eigenvalue weighted by molar-refractivity contribution is 0.144. The van der Waals surface area contributed by atoms with Gasteiger partial charge in [-0.05, 0) is 40.5 Å². The molecule has 1 amide bonds. The first kappa shape index (κ1) is 18.9. The van der Waals surface area contributed by atoms with E-state index in [9.17, 15) is 9.90 Å². The molecule has 1 aliphatic carbocycles. The second kappa shape index (κ2) is 8.30. The number of alkyl carbamates (subject to hydrolysis) is 1. The molecule has 0 heterocycles. The fraction of sp³-hybridized carbons (Fsp3) is 0.125. The molecule has 0 bridgehead atoms. The van der Waals surface area contributed by atoms with Crippen molar-refractivity contribution >= 4 is 17.7 Å². The first-order valence-corrected chi connectivity index (χ1v) is 9.57. The number of hydrogen-bond donors (Lipinski definition) is 2. The molecular weight excluding hydrogens is 386 g/mol.